The molecule has 11 fully saturated rings. The molecule has 1 heterocycles. The van der Waals surface area contributed by atoms with Crippen LogP contribution in [0, 0.1) is 88.3 Å². The molecule has 2 N–H and O–H groups in total. The topological polar surface area (TPSA) is 136 Å². The highest BCUT2D eigenvalue weighted by Gasteiger charge is 2.60. The zero-order valence-electron chi connectivity index (χ0n) is 39.6. The maximum absolute atomic E-state index is 12.3. The van der Waals surface area contributed by atoms with Gasteiger partial charge in [0.05, 0.1) is 34.9 Å². The highest BCUT2D eigenvalue weighted by molar-refractivity contribution is 5.95. The average Bonchev–Trinajstić information content (AvgIpc) is 3.78. The molecular formula is C59H116O9. The number of rotatable bonds is 8. The molecule has 0 aromatic carbocycles. The minimum Gasteiger partial charge on any atom is -0.459 e. The fraction of sp³-hybridized carbons (Fsp3) is 0.932. The van der Waals surface area contributed by atoms with E-state index < -0.39 is 23.1 Å². The normalized spacial score (nSPS) is 38.6. The third-order valence-electron chi connectivity index (χ3n) is 18.5. The van der Waals surface area contributed by atoms with Crippen LogP contribution >= 0.6 is 0 Å². The first-order valence-electron chi connectivity index (χ1n) is 24.5. The quantitative estimate of drug-likeness (QED) is 0.138. The molecule has 9 nitrogen and oxygen atoms in total. The smallest absolute Gasteiger partial charge is 0.317 e. The van der Waals surface area contributed by atoms with Crippen LogP contribution in [-0.4, -0.2) is 56.5 Å². The molecule has 0 aromatic rings. The summed E-state index contributed by atoms with van der Waals surface area (Å²) in [7, 11) is 0. The lowest BCUT2D eigenvalue weighted by Crippen LogP contribution is -2.60. The van der Waals surface area contributed by atoms with Gasteiger partial charge in [0, 0.05) is 11.8 Å². The lowest BCUT2D eigenvalue weighted by Gasteiger charge is -2.61. The second kappa shape index (κ2) is 26.1. The van der Waals surface area contributed by atoms with Gasteiger partial charge < -0.3 is 24.4 Å². The molecule has 9 heteroatoms. The molecule has 0 aromatic heterocycles. The molecule has 1 aliphatic heterocycles. The summed E-state index contributed by atoms with van der Waals surface area (Å²) in [6.07, 6.45) is 18.2. The first kappa shape index (κ1) is 70.3. The van der Waals surface area contributed by atoms with Crippen LogP contribution in [0.4, 0.5) is 0 Å². The Balaban J connectivity index is -0.000000823. The van der Waals surface area contributed by atoms with Crippen LogP contribution in [0.1, 0.15) is 245 Å². The van der Waals surface area contributed by atoms with Crippen molar-refractivity contribution >= 4 is 23.9 Å². The highest BCUT2D eigenvalue weighted by atomic mass is 16.6. The maximum Gasteiger partial charge on any atom is 0.317 e. The van der Waals surface area contributed by atoms with Crippen molar-refractivity contribution in [1.29, 1.82) is 0 Å². The Hall–Kier alpha value is -2.00. The lowest BCUT2D eigenvalue weighted by molar-refractivity contribution is -0.222. The van der Waals surface area contributed by atoms with E-state index in [1.807, 2.05) is 34.6 Å². The first-order chi connectivity index (χ1) is 27.8. The molecular weight excluding hydrogens is 853 g/mol. The molecule has 68 heavy (non-hydrogen) atoms. The van der Waals surface area contributed by atoms with Crippen LogP contribution < -0.4 is 0 Å². The zero-order valence-corrected chi connectivity index (χ0v) is 39.6. The second-order valence-electron chi connectivity index (χ2n) is 23.7. The van der Waals surface area contributed by atoms with Gasteiger partial charge >= 0.3 is 23.9 Å². The minimum atomic E-state index is -0.542. The van der Waals surface area contributed by atoms with E-state index in [0.29, 0.717) is 24.2 Å². The summed E-state index contributed by atoms with van der Waals surface area (Å²) in [5.41, 5.74) is -1.35. The molecule has 10 bridgehead atoms. The van der Waals surface area contributed by atoms with Gasteiger partial charge in [-0.1, -0.05) is 115 Å². The van der Waals surface area contributed by atoms with Crippen LogP contribution in [0.5, 0.6) is 0 Å². The van der Waals surface area contributed by atoms with E-state index in [2.05, 4.69) is 39.4 Å². The van der Waals surface area contributed by atoms with Crippen molar-refractivity contribution in [2.75, 3.05) is 0 Å². The summed E-state index contributed by atoms with van der Waals surface area (Å²) in [5, 5.41) is 20.6. The Morgan fingerprint density at radius 1 is 0.632 bits per heavy atom. The third kappa shape index (κ3) is 14.6. The number of hydrogen-bond acceptors (Lipinski definition) is 9. The molecule has 11 rings (SSSR count). The molecule has 0 amide bonds. The van der Waals surface area contributed by atoms with Gasteiger partial charge in [0.25, 0.3) is 0 Å². The number of aliphatic hydroxyl groups is 2. The molecule has 0 spiro atoms. The number of carbonyl (C=O) groups excluding carboxylic acids is 4. The minimum absolute atomic E-state index is 0. The van der Waals surface area contributed by atoms with Crippen LogP contribution in [0.15, 0.2) is 0 Å². The Bertz CT molecular complexity index is 1510. The number of carbonyl (C=O) groups is 4. The van der Waals surface area contributed by atoms with Crippen molar-refractivity contribution in [3.63, 3.8) is 0 Å². The van der Waals surface area contributed by atoms with Gasteiger partial charge in [0.1, 0.15) is 11.2 Å². The number of fused-ring (bicyclic) bond motifs is 2. The van der Waals surface area contributed by atoms with E-state index >= 15 is 0 Å². The van der Waals surface area contributed by atoms with Gasteiger partial charge in [-0.2, -0.15) is 0 Å². The van der Waals surface area contributed by atoms with Crippen molar-refractivity contribution in [2.24, 2.45) is 88.3 Å². The molecule has 11 unspecified atom stereocenters. The summed E-state index contributed by atoms with van der Waals surface area (Å²) in [5.74, 6) is 6.48. The summed E-state index contributed by atoms with van der Waals surface area (Å²) < 4.78 is 16.2. The Morgan fingerprint density at radius 3 is 1.38 bits per heavy atom. The van der Waals surface area contributed by atoms with Crippen molar-refractivity contribution in [3.8, 4) is 0 Å². The van der Waals surface area contributed by atoms with E-state index in [9.17, 15) is 29.4 Å². The molecule has 10 saturated carbocycles. The van der Waals surface area contributed by atoms with E-state index in [4.69, 9.17) is 9.47 Å². The van der Waals surface area contributed by atoms with Gasteiger partial charge in [0.2, 0.25) is 0 Å². The van der Waals surface area contributed by atoms with Crippen LogP contribution in [-0.2, 0) is 33.4 Å². The molecule has 11 aliphatic rings. The average molecular weight is 970 g/mol. The highest BCUT2D eigenvalue weighted by Crippen LogP contribution is 2.65. The van der Waals surface area contributed by atoms with Gasteiger partial charge in [-0.15, -0.1) is 0 Å². The van der Waals surface area contributed by atoms with Crippen LogP contribution in [0.3, 0.4) is 0 Å². The monoisotopic (exact) mass is 969 g/mol. The predicted octanol–water partition coefficient (Wildman–Crippen LogP) is 15.3. The van der Waals surface area contributed by atoms with Crippen molar-refractivity contribution in [1.82, 2.24) is 0 Å². The van der Waals surface area contributed by atoms with E-state index in [-0.39, 0.29) is 112 Å². The van der Waals surface area contributed by atoms with Crippen molar-refractivity contribution < 1.29 is 43.6 Å². The SMILES string of the molecule is C.C.C.C.C.C.C.C.CC1C(=O)OC(=O)C1C.CC1C2CC(C1C)C(C(C)(C)O)C2.CCC(C)C(=O)OC(C)(C)C12CC3CC(CC(C3)C1)C2.CCC(C)C(=O)OC12CC3CC(CC(O)(C3)C1)C2. The third-order valence-corrected chi connectivity index (χ3v) is 18.5. The first-order valence-corrected chi connectivity index (χ1v) is 24.5. The number of ether oxygens (including phenoxy) is 3. The standard InChI is InChI=1S/C18H30O2.C15H24O3.C12H22O.C6H8O3.8CH4/c1-5-12(2)16(19)20-17(3,4)18-9-13-6-14(10-18)8-15(7-13)11-18;1-3-10(2)13(16)18-15-7-11-4-12(8-15)6-14(17,5-11)9-15;1-7-8(2)10-5-9(7)6-11(10)12(3,4)13;1-3-4(2)6(8)9-5(3)7;;;;;;;;/h12-15H,5-11H2,1-4H3;10-12,17H,3-9H2,1-2H3;7-11,13H,5-6H2,1-4H3;3-4H,1-2H3;8*1H4. The maximum atomic E-state index is 12.3. The van der Waals surface area contributed by atoms with E-state index in [1.165, 1.54) is 57.8 Å². The largest absolute Gasteiger partial charge is 0.459 e. The van der Waals surface area contributed by atoms with Crippen molar-refractivity contribution in [2.45, 2.75) is 268 Å². The van der Waals surface area contributed by atoms with Gasteiger partial charge in [-0.3, -0.25) is 19.2 Å². The summed E-state index contributed by atoms with van der Waals surface area (Å²) in [6, 6.07) is 0. The van der Waals surface area contributed by atoms with E-state index in [1.54, 1.807) is 13.8 Å². The van der Waals surface area contributed by atoms with Gasteiger partial charge in [0.15, 0.2) is 0 Å². The second-order valence-corrected chi connectivity index (χ2v) is 23.7. The molecule has 0 radical (unpaired) electrons. The summed E-state index contributed by atoms with van der Waals surface area (Å²) in [6.45, 7) is 24.4. The lowest BCUT2D eigenvalue weighted by atomic mass is 9.46. The van der Waals surface area contributed by atoms with Crippen LogP contribution in [0.2, 0.25) is 0 Å². The van der Waals surface area contributed by atoms with Crippen LogP contribution in [0.25, 0.3) is 0 Å². The summed E-state index contributed by atoms with van der Waals surface area (Å²) in [4.78, 5) is 45.4. The van der Waals surface area contributed by atoms with Gasteiger partial charge in [-0.05, 0) is 183 Å². The zero-order chi connectivity index (χ0) is 44.3. The number of cyclic esters (lactones) is 2. The van der Waals surface area contributed by atoms with E-state index in [0.717, 1.165) is 80.0 Å². The molecule has 11 atom stereocenters. The Morgan fingerprint density at radius 2 is 1.04 bits per heavy atom. The number of esters is 4. The Kier molecular flexibility index (Phi) is 27.0. The van der Waals surface area contributed by atoms with Gasteiger partial charge in [-0.25, -0.2) is 0 Å². The van der Waals surface area contributed by atoms with Crippen molar-refractivity contribution in [3.05, 3.63) is 0 Å². The molecule has 406 valence electrons. The Labute approximate surface area is 421 Å². The fourth-order valence-electron chi connectivity index (χ4n) is 14.7. The number of hydrogen-bond donors (Lipinski definition) is 2. The fourth-order valence-corrected chi connectivity index (χ4v) is 14.7. The molecule has 1 saturated heterocycles. The summed E-state index contributed by atoms with van der Waals surface area (Å²) >= 11 is 0. The predicted molar refractivity (Wildman–Crippen MR) is 286 cm³/mol. The molecule has 10 aliphatic carbocycles.